The topological polar surface area (TPSA) is 117 Å². The average Bonchev–Trinajstić information content (AvgIpc) is 3.57. The van der Waals surface area contributed by atoms with Gasteiger partial charge in [0.05, 0.1) is 26.2 Å². The van der Waals surface area contributed by atoms with E-state index in [9.17, 15) is 22.8 Å². The second kappa shape index (κ2) is 9.38. The molecule has 0 saturated carbocycles. The minimum Gasteiger partial charge on any atom is -0.300 e. The fourth-order valence-corrected chi connectivity index (χ4v) is 7.18. The molecule has 36 heavy (non-hydrogen) atoms. The zero-order chi connectivity index (χ0) is 25.6. The van der Waals surface area contributed by atoms with Crippen LogP contribution in [0.4, 0.5) is 5.13 Å². The number of imide groups is 1. The van der Waals surface area contributed by atoms with Gasteiger partial charge in [-0.05, 0) is 55.5 Å². The molecule has 1 unspecified atom stereocenters. The summed E-state index contributed by atoms with van der Waals surface area (Å²) in [7, 11) is -3.58. The number of sulfonamides is 1. The molecule has 0 bridgehead atoms. The third-order valence-corrected chi connectivity index (χ3v) is 9.26. The summed E-state index contributed by atoms with van der Waals surface area (Å²) in [6.45, 7) is 4.86. The normalized spacial score (nSPS) is 17.2. The number of nitrogens with zero attached hydrogens (tertiary/aromatic N) is 3. The van der Waals surface area contributed by atoms with Crippen LogP contribution in [0.1, 0.15) is 53.8 Å². The summed E-state index contributed by atoms with van der Waals surface area (Å²) in [4.78, 5) is 45.1. The molecule has 1 saturated heterocycles. The molecule has 1 fully saturated rings. The molecule has 1 aromatic heterocycles. The summed E-state index contributed by atoms with van der Waals surface area (Å²) in [5.74, 6) is -1.45. The van der Waals surface area contributed by atoms with Gasteiger partial charge in [0.25, 0.3) is 11.8 Å². The van der Waals surface area contributed by atoms with Gasteiger partial charge in [-0.25, -0.2) is 13.4 Å². The van der Waals surface area contributed by atoms with Crippen molar-refractivity contribution in [1.29, 1.82) is 0 Å². The van der Waals surface area contributed by atoms with Gasteiger partial charge in [0.15, 0.2) is 5.13 Å². The van der Waals surface area contributed by atoms with Crippen LogP contribution in [-0.2, 0) is 14.8 Å². The van der Waals surface area contributed by atoms with Gasteiger partial charge in [-0.1, -0.05) is 37.3 Å². The van der Waals surface area contributed by atoms with E-state index in [2.05, 4.69) is 10.3 Å². The first-order valence-corrected chi connectivity index (χ1v) is 14.1. The number of thiazole rings is 1. The van der Waals surface area contributed by atoms with Crippen LogP contribution in [-0.4, -0.2) is 59.5 Å². The quantitative estimate of drug-likeness (QED) is 0.469. The van der Waals surface area contributed by atoms with Crippen LogP contribution in [0, 0.1) is 5.92 Å². The lowest BCUT2D eigenvalue weighted by Gasteiger charge is -2.26. The molecular weight excluding hydrogens is 500 g/mol. The Morgan fingerprint density at radius 2 is 1.69 bits per heavy atom. The zero-order valence-electron chi connectivity index (χ0n) is 19.9. The first-order valence-electron chi connectivity index (χ1n) is 11.9. The third kappa shape index (κ3) is 4.31. The van der Waals surface area contributed by atoms with Crippen molar-refractivity contribution >= 4 is 54.4 Å². The van der Waals surface area contributed by atoms with Gasteiger partial charge < -0.3 is 5.32 Å². The van der Waals surface area contributed by atoms with Gasteiger partial charge in [0.1, 0.15) is 6.04 Å². The molecule has 0 radical (unpaired) electrons. The molecule has 188 valence electrons. The van der Waals surface area contributed by atoms with Crippen LogP contribution in [0.15, 0.2) is 47.4 Å². The zero-order valence-corrected chi connectivity index (χ0v) is 21.6. The number of aromatic nitrogens is 1. The number of rotatable bonds is 7. The molecule has 9 nitrogen and oxygen atoms in total. The molecule has 0 spiro atoms. The standard InChI is InChI=1S/C25H26N4O5S2/c1-15(2)13-20(29-23(31)17-7-3-4-8-18(17)24(29)32)22(30)27-25-26-19-10-9-16(14-21(19)35-25)36(33,34)28-11-5-6-12-28/h3-4,7-10,14-15,20H,5-6,11-13H2,1-2H3,(H,26,27,30). The summed E-state index contributed by atoms with van der Waals surface area (Å²) >= 11 is 1.15. The van der Waals surface area contributed by atoms with Crippen molar-refractivity contribution in [3.05, 3.63) is 53.6 Å². The van der Waals surface area contributed by atoms with Crippen molar-refractivity contribution in [1.82, 2.24) is 14.2 Å². The predicted octanol–water partition coefficient (Wildman–Crippen LogP) is 3.73. The predicted molar refractivity (Wildman–Crippen MR) is 136 cm³/mol. The second-order valence-electron chi connectivity index (χ2n) is 9.42. The molecular formula is C25H26N4O5S2. The van der Waals surface area contributed by atoms with Crippen molar-refractivity contribution in [2.75, 3.05) is 18.4 Å². The lowest BCUT2D eigenvalue weighted by Crippen LogP contribution is -2.47. The minimum absolute atomic E-state index is 0.0405. The maximum Gasteiger partial charge on any atom is 0.262 e. The number of nitrogens with one attached hydrogen (secondary N) is 1. The first-order chi connectivity index (χ1) is 17.2. The van der Waals surface area contributed by atoms with Gasteiger partial charge in [-0.2, -0.15) is 4.31 Å². The monoisotopic (exact) mass is 526 g/mol. The Morgan fingerprint density at radius 3 is 2.31 bits per heavy atom. The highest BCUT2D eigenvalue weighted by Crippen LogP contribution is 2.32. The highest BCUT2D eigenvalue weighted by atomic mass is 32.2. The number of amides is 3. The molecule has 1 N–H and O–H groups in total. The van der Waals surface area contributed by atoms with Gasteiger partial charge in [0, 0.05) is 13.1 Å². The van der Waals surface area contributed by atoms with Crippen molar-refractivity contribution < 1.29 is 22.8 Å². The van der Waals surface area contributed by atoms with Crippen LogP contribution in [0.2, 0.25) is 0 Å². The van der Waals surface area contributed by atoms with E-state index in [1.54, 1.807) is 36.4 Å². The van der Waals surface area contributed by atoms with Gasteiger partial charge in [-0.15, -0.1) is 0 Å². The first kappa shape index (κ1) is 24.5. The highest BCUT2D eigenvalue weighted by molar-refractivity contribution is 7.89. The molecule has 11 heteroatoms. The van der Waals surface area contributed by atoms with Crippen molar-refractivity contribution in [3.8, 4) is 0 Å². The number of fused-ring (bicyclic) bond motifs is 2. The van der Waals surface area contributed by atoms with Crippen LogP contribution in [0.3, 0.4) is 0 Å². The minimum atomic E-state index is -3.58. The lowest BCUT2D eigenvalue weighted by atomic mass is 10.0. The van der Waals surface area contributed by atoms with E-state index in [0.29, 0.717) is 29.7 Å². The van der Waals surface area contributed by atoms with Crippen LogP contribution in [0.25, 0.3) is 10.2 Å². The number of carbonyl (C=O) groups is 3. The summed E-state index contributed by atoms with van der Waals surface area (Å²) < 4.78 is 28.0. The Morgan fingerprint density at radius 1 is 1.06 bits per heavy atom. The van der Waals surface area contributed by atoms with Crippen LogP contribution < -0.4 is 5.32 Å². The third-order valence-electron chi connectivity index (χ3n) is 6.43. The molecule has 2 aliphatic rings. The van der Waals surface area contributed by atoms with Gasteiger partial charge in [-0.3, -0.25) is 19.3 Å². The molecule has 2 aromatic carbocycles. The van der Waals surface area contributed by atoms with E-state index < -0.39 is 33.8 Å². The number of hydrogen-bond donors (Lipinski definition) is 1. The van der Waals surface area contributed by atoms with E-state index in [0.717, 1.165) is 29.1 Å². The Balaban J connectivity index is 1.40. The molecule has 2 aliphatic heterocycles. The number of benzene rings is 2. The van der Waals surface area contributed by atoms with E-state index in [1.807, 2.05) is 13.8 Å². The largest absolute Gasteiger partial charge is 0.300 e. The Labute approximate surface area is 213 Å². The van der Waals surface area contributed by atoms with Crippen molar-refractivity contribution in [2.45, 2.75) is 44.0 Å². The number of carbonyl (C=O) groups excluding carboxylic acids is 3. The molecule has 3 amide bonds. The van der Waals surface area contributed by atoms with E-state index in [4.69, 9.17) is 0 Å². The molecule has 5 rings (SSSR count). The van der Waals surface area contributed by atoms with E-state index in [-0.39, 0.29) is 27.1 Å². The van der Waals surface area contributed by atoms with Gasteiger partial charge >= 0.3 is 0 Å². The van der Waals surface area contributed by atoms with Gasteiger partial charge in [0.2, 0.25) is 15.9 Å². The maximum absolute atomic E-state index is 13.4. The maximum atomic E-state index is 13.4. The molecule has 1 atom stereocenters. The summed E-state index contributed by atoms with van der Waals surface area (Å²) in [5, 5.41) is 3.03. The molecule has 3 aromatic rings. The summed E-state index contributed by atoms with van der Waals surface area (Å²) in [6.07, 6.45) is 1.99. The van der Waals surface area contributed by atoms with E-state index >= 15 is 0 Å². The van der Waals surface area contributed by atoms with Crippen molar-refractivity contribution in [3.63, 3.8) is 0 Å². The highest BCUT2D eigenvalue weighted by Gasteiger charge is 2.43. The average molecular weight is 527 g/mol. The number of hydrogen-bond acceptors (Lipinski definition) is 7. The Hall–Kier alpha value is -3.15. The van der Waals surface area contributed by atoms with Crippen molar-refractivity contribution in [2.24, 2.45) is 5.92 Å². The SMILES string of the molecule is CC(C)CC(C(=O)Nc1nc2ccc(S(=O)(=O)N3CCCC3)cc2s1)N1C(=O)c2ccccc2C1=O. The summed E-state index contributed by atoms with van der Waals surface area (Å²) in [5.41, 5.74) is 1.13. The fourth-order valence-electron chi connectivity index (χ4n) is 4.65. The second-order valence-corrected chi connectivity index (χ2v) is 12.4. The van der Waals surface area contributed by atoms with E-state index in [1.165, 1.54) is 10.4 Å². The Bertz CT molecular complexity index is 1440. The van der Waals surface area contributed by atoms with Crippen LogP contribution in [0.5, 0.6) is 0 Å². The summed E-state index contributed by atoms with van der Waals surface area (Å²) in [6, 6.07) is 10.3. The lowest BCUT2D eigenvalue weighted by molar-refractivity contribution is -0.120. The molecule has 0 aliphatic carbocycles. The Kier molecular flexibility index (Phi) is 6.39. The fraction of sp³-hybridized carbons (Fsp3) is 0.360. The number of anilines is 1. The smallest absolute Gasteiger partial charge is 0.262 e. The van der Waals surface area contributed by atoms with Crippen LogP contribution >= 0.6 is 11.3 Å². The molecule has 3 heterocycles.